The highest BCUT2D eigenvalue weighted by atomic mass is 19.1. The highest BCUT2D eigenvalue weighted by Gasteiger charge is 2.16. The van der Waals surface area contributed by atoms with Gasteiger partial charge < -0.3 is 16.0 Å². The number of H-pyrrole nitrogens is 1. The van der Waals surface area contributed by atoms with Crippen LogP contribution in [0.4, 0.5) is 14.5 Å². The van der Waals surface area contributed by atoms with E-state index in [1.807, 2.05) is 0 Å². The molecular formula is C17H11F2N3O3. The van der Waals surface area contributed by atoms with Crippen molar-refractivity contribution in [2.75, 3.05) is 5.32 Å². The minimum Gasteiger partial charge on any atom is -0.366 e. The number of fused-ring (bicyclic) bond motifs is 1. The quantitative estimate of drug-likeness (QED) is 0.678. The van der Waals surface area contributed by atoms with Crippen molar-refractivity contribution in [3.05, 3.63) is 75.6 Å². The zero-order valence-electron chi connectivity index (χ0n) is 12.6. The Morgan fingerprint density at radius 1 is 1.08 bits per heavy atom. The van der Waals surface area contributed by atoms with Gasteiger partial charge in [-0.3, -0.25) is 14.4 Å². The molecule has 0 fully saturated rings. The Balaban J connectivity index is 1.96. The number of rotatable bonds is 3. The fourth-order valence-electron chi connectivity index (χ4n) is 2.35. The molecule has 0 bridgehead atoms. The predicted molar refractivity (Wildman–Crippen MR) is 87.4 cm³/mol. The second-order valence-corrected chi connectivity index (χ2v) is 5.24. The number of pyridine rings is 1. The Labute approximate surface area is 139 Å². The first-order valence-electron chi connectivity index (χ1n) is 7.08. The second-order valence-electron chi connectivity index (χ2n) is 5.24. The second kappa shape index (κ2) is 6.16. The van der Waals surface area contributed by atoms with E-state index in [0.717, 1.165) is 12.3 Å². The van der Waals surface area contributed by atoms with Crippen LogP contribution in [-0.2, 0) is 0 Å². The van der Waals surface area contributed by atoms with Gasteiger partial charge in [0.1, 0.15) is 17.2 Å². The van der Waals surface area contributed by atoms with Crippen molar-refractivity contribution >= 4 is 28.4 Å². The van der Waals surface area contributed by atoms with E-state index in [2.05, 4.69) is 10.3 Å². The van der Waals surface area contributed by atoms with Crippen LogP contribution in [0.5, 0.6) is 0 Å². The molecule has 0 aliphatic heterocycles. The molecule has 3 aromatic rings. The number of anilines is 1. The van der Waals surface area contributed by atoms with Gasteiger partial charge in [-0.2, -0.15) is 0 Å². The van der Waals surface area contributed by atoms with E-state index >= 15 is 0 Å². The van der Waals surface area contributed by atoms with E-state index in [-0.39, 0.29) is 16.6 Å². The number of carbonyl (C=O) groups excluding carboxylic acids is 2. The van der Waals surface area contributed by atoms with Crippen molar-refractivity contribution in [3.63, 3.8) is 0 Å². The first-order valence-corrected chi connectivity index (χ1v) is 7.08. The highest BCUT2D eigenvalue weighted by molar-refractivity contribution is 6.06. The molecule has 0 atom stereocenters. The predicted octanol–water partition coefficient (Wildman–Crippen LogP) is 2.16. The van der Waals surface area contributed by atoms with Gasteiger partial charge in [-0.1, -0.05) is 0 Å². The monoisotopic (exact) mass is 343 g/mol. The van der Waals surface area contributed by atoms with E-state index in [0.29, 0.717) is 11.8 Å². The normalized spacial score (nSPS) is 10.6. The van der Waals surface area contributed by atoms with Crippen LogP contribution < -0.4 is 16.5 Å². The molecule has 2 amide bonds. The maximum atomic E-state index is 13.9. The number of nitrogens with two attached hydrogens (primary N) is 1. The van der Waals surface area contributed by atoms with Gasteiger partial charge in [-0.25, -0.2) is 8.78 Å². The number of aromatic amines is 1. The van der Waals surface area contributed by atoms with Gasteiger partial charge >= 0.3 is 0 Å². The summed E-state index contributed by atoms with van der Waals surface area (Å²) in [6.45, 7) is 0. The van der Waals surface area contributed by atoms with E-state index in [4.69, 9.17) is 5.73 Å². The van der Waals surface area contributed by atoms with Crippen molar-refractivity contribution < 1.29 is 18.4 Å². The molecule has 6 nitrogen and oxygen atoms in total. The number of hydrogen-bond donors (Lipinski definition) is 3. The third-order valence-electron chi connectivity index (χ3n) is 3.57. The van der Waals surface area contributed by atoms with E-state index in [9.17, 15) is 23.2 Å². The Bertz CT molecular complexity index is 1060. The molecule has 2 aromatic carbocycles. The Hall–Kier alpha value is -3.55. The number of hydrogen-bond acceptors (Lipinski definition) is 3. The van der Waals surface area contributed by atoms with Gasteiger partial charge in [-0.15, -0.1) is 0 Å². The summed E-state index contributed by atoms with van der Waals surface area (Å²) in [6.07, 6.45) is 1.08. The highest BCUT2D eigenvalue weighted by Crippen LogP contribution is 2.16. The third-order valence-corrected chi connectivity index (χ3v) is 3.57. The van der Waals surface area contributed by atoms with E-state index < -0.39 is 34.3 Å². The van der Waals surface area contributed by atoms with Crippen LogP contribution >= 0.6 is 0 Å². The molecule has 3 rings (SSSR count). The first-order chi connectivity index (χ1) is 11.9. The third kappa shape index (κ3) is 3.09. The fourth-order valence-corrected chi connectivity index (χ4v) is 2.35. The zero-order chi connectivity index (χ0) is 18.1. The van der Waals surface area contributed by atoms with Gasteiger partial charge in [0.2, 0.25) is 11.3 Å². The Morgan fingerprint density at radius 2 is 1.76 bits per heavy atom. The van der Waals surface area contributed by atoms with Gasteiger partial charge in [0.05, 0.1) is 10.9 Å². The average Bonchev–Trinajstić information content (AvgIpc) is 2.54. The van der Waals surface area contributed by atoms with Gasteiger partial charge in [0, 0.05) is 23.5 Å². The van der Waals surface area contributed by atoms with Crippen LogP contribution in [0.2, 0.25) is 0 Å². The Morgan fingerprint density at radius 3 is 2.40 bits per heavy atom. The lowest BCUT2D eigenvalue weighted by Crippen LogP contribution is -2.22. The number of primary amides is 1. The summed E-state index contributed by atoms with van der Waals surface area (Å²) < 4.78 is 27.1. The van der Waals surface area contributed by atoms with Crippen LogP contribution in [0.25, 0.3) is 10.9 Å². The number of nitrogens with one attached hydrogen (secondary N) is 2. The van der Waals surface area contributed by atoms with E-state index in [1.54, 1.807) is 0 Å². The molecular weight excluding hydrogens is 332 g/mol. The molecule has 0 spiro atoms. The average molecular weight is 343 g/mol. The maximum absolute atomic E-state index is 13.9. The zero-order valence-corrected chi connectivity index (χ0v) is 12.6. The number of halogens is 2. The number of benzene rings is 2. The first kappa shape index (κ1) is 16.3. The van der Waals surface area contributed by atoms with Gasteiger partial charge in [0.25, 0.3) is 5.91 Å². The fraction of sp³-hybridized carbons (Fsp3) is 0. The molecule has 0 radical (unpaired) electrons. The van der Waals surface area contributed by atoms with Crippen molar-refractivity contribution in [2.45, 2.75) is 0 Å². The van der Waals surface area contributed by atoms with Gasteiger partial charge in [0.15, 0.2) is 0 Å². The van der Waals surface area contributed by atoms with Crippen LogP contribution in [0.1, 0.15) is 20.7 Å². The maximum Gasteiger partial charge on any atom is 0.261 e. The summed E-state index contributed by atoms with van der Waals surface area (Å²) in [6, 6.07) is 7.22. The smallest absolute Gasteiger partial charge is 0.261 e. The van der Waals surface area contributed by atoms with Crippen LogP contribution in [-0.4, -0.2) is 16.8 Å². The van der Waals surface area contributed by atoms with Crippen molar-refractivity contribution in [1.82, 2.24) is 4.98 Å². The van der Waals surface area contributed by atoms with E-state index in [1.165, 1.54) is 24.3 Å². The molecule has 8 heteroatoms. The standard InChI is InChI=1S/C17H11F2N3O3/c18-9-5-12(19)14-13(6-9)21-7-11(15(14)23)17(25)22-10-3-1-8(2-4-10)16(20)24/h1-7H,(H2,20,24)(H,21,23)(H,22,25). The van der Waals surface area contributed by atoms with Crippen molar-refractivity contribution in [3.8, 4) is 0 Å². The molecule has 0 aliphatic carbocycles. The van der Waals surface area contributed by atoms with Crippen molar-refractivity contribution in [1.29, 1.82) is 0 Å². The summed E-state index contributed by atoms with van der Waals surface area (Å²) in [4.78, 5) is 38.1. The minimum absolute atomic E-state index is 0.0511. The van der Waals surface area contributed by atoms with Crippen LogP contribution in [0, 0.1) is 11.6 Å². The summed E-state index contributed by atoms with van der Waals surface area (Å²) in [5.41, 5.74) is 4.44. The molecule has 4 N–H and O–H groups in total. The van der Waals surface area contributed by atoms with Gasteiger partial charge in [-0.05, 0) is 30.3 Å². The molecule has 0 saturated heterocycles. The molecule has 1 aromatic heterocycles. The summed E-state index contributed by atoms with van der Waals surface area (Å²) in [5.74, 6) is -3.30. The number of aromatic nitrogens is 1. The minimum atomic E-state index is -1.06. The lowest BCUT2D eigenvalue weighted by Gasteiger charge is -2.07. The Kier molecular flexibility index (Phi) is 4.02. The largest absolute Gasteiger partial charge is 0.366 e. The summed E-state index contributed by atoms with van der Waals surface area (Å²) in [7, 11) is 0. The molecule has 1 heterocycles. The summed E-state index contributed by atoms with van der Waals surface area (Å²) >= 11 is 0. The lowest BCUT2D eigenvalue weighted by atomic mass is 10.1. The van der Waals surface area contributed by atoms with Crippen molar-refractivity contribution in [2.24, 2.45) is 5.73 Å². The SMILES string of the molecule is NC(=O)c1ccc(NC(=O)c2c[nH]c3cc(F)cc(F)c3c2=O)cc1. The topological polar surface area (TPSA) is 105 Å². The molecule has 25 heavy (non-hydrogen) atoms. The number of amides is 2. The number of carbonyl (C=O) groups is 2. The molecule has 126 valence electrons. The molecule has 0 saturated carbocycles. The molecule has 0 aliphatic rings. The molecule has 0 unspecified atom stereocenters. The van der Waals surface area contributed by atoms with Crippen LogP contribution in [0.15, 0.2) is 47.4 Å². The summed E-state index contributed by atoms with van der Waals surface area (Å²) in [5, 5.41) is 2.05. The van der Waals surface area contributed by atoms with Crippen LogP contribution in [0.3, 0.4) is 0 Å². The lowest BCUT2D eigenvalue weighted by molar-refractivity contribution is 0.0998.